The second-order valence-electron chi connectivity index (χ2n) is 5.83. The maximum atomic E-state index is 5.39. The zero-order valence-corrected chi connectivity index (χ0v) is 12.7. The first kappa shape index (κ1) is 16.9. The fourth-order valence-electron chi connectivity index (χ4n) is 1.73. The van der Waals surface area contributed by atoms with Crippen LogP contribution in [-0.2, 0) is 4.74 Å². The Morgan fingerprint density at radius 2 is 1.88 bits per heavy atom. The predicted molar refractivity (Wildman–Crippen MR) is 75.5 cm³/mol. The molecule has 0 aliphatic carbocycles. The first-order chi connectivity index (χ1) is 7.91. The van der Waals surface area contributed by atoms with Crippen LogP contribution in [0.4, 0.5) is 0 Å². The number of hydrogen-bond acceptors (Lipinski definition) is 3. The highest BCUT2D eigenvalue weighted by atomic mass is 16.5. The number of rotatable bonds is 9. The van der Waals surface area contributed by atoms with Crippen LogP contribution in [0.5, 0.6) is 0 Å². The van der Waals surface area contributed by atoms with Gasteiger partial charge in [0, 0.05) is 25.7 Å². The van der Waals surface area contributed by atoms with E-state index in [9.17, 15) is 0 Å². The highest BCUT2D eigenvalue weighted by Crippen LogP contribution is 2.19. The zero-order valence-electron chi connectivity index (χ0n) is 12.7. The minimum atomic E-state index is 0.301. The van der Waals surface area contributed by atoms with Crippen molar-refractivity contribution in [1.82, 2.24) is 10.2 Å². The van der Waals surface area contributed by atoms with E-state index in [1.54, 1.807) is 0 Å². The van der Waals surface area contributed by atoms with Gasteiger partial charge in [0.15, 0.2) is 0 Å². The second kappa shape index (κ2) is 8.90. The lowest BCUT2D eigenvalue weighted by Gasteiger charge is -2.34. The van der Waals surface area contributed by atoms with Gasteiger partial charge in [0.05, 0.1) is 6.61 Å². The normalized spacial score (nSPS) is 14.3. The Kier molecular flexibility index (Phi) is 8.83. The Morgan fingerprint density at radius 1 is 1.24 bits per heavy atom. The van der Waals surface area contributed by atoms with Crippen molar-refractivity contribution in [3.8, 4) is 0 Å². The number of ether oxygens (including phenoxy) is 1. The third-order valence-electron chi connectivity index (χ3n) is 3.00. The molecule has 17 heavy (non-hydrogen) atoms. The molecule has 3 nitrogen and oxygen atoms in total. The van der Waals surface area contributed by atoms with Crippen LogP contribution in [0.1, 0.15) is 41.0 Å². The molecule has 0 bridgehead atoms. The minimum Gasteiger partial charge on any atom is -0.380 e. The molecule has 1 atom stereocenters. The first-order valence-corrected chi connectivity index (χ1v) is 6.91. The van der Waals surface area contributed by atoms with Crippen LogP contribution in [0, 0.1) is 5.41 Å². The summed E-state index contributed by atoms with van der Waals surface area (Å²) >= 11 is 0. The van der Waals surface area contributed by atoms with Gasteiger partial charge in [0.2, 0.25) is 0 Å². The lowest BCUT2D eigenvalue weighted by atomic mass is 9.86. The van der Waals surface area contributed by atoms with Crippen molar-refractivity contribution >= 4 is 0 Å². The topological polar surface area (TPSA) is 24.5 Å². The predicted octanol–water partition coefficient (Wildman–Crippen LogP) is 2.37. The van der Waals surface area contributed by atoms with E-state index in [0.29, 0.717) is 11.5 Å². The van der Waals surface area contributed by atoms with Crippen molar-refractivity contribution in [1.29, 1.82) is 0 Å². The number of hydrogen-bond donors (Lipinski definition) is 1. The number of nitrogens with zero attached hydrogens (tertiary/aromatic N) is 1. The van der Waals surface area contributed by atoms with Crippen molar-refractivity contribution in [2.45, 2.75) is 47.1 Å². The van der Waals surface area contributed by atoms with Crippen LogP contribution in [0.3, 0.4) is 0 Å². The van der Waals surface area contributed by atoms with Gasteiger partial charge in [-0.25, -0.2) is 0 Å². The van der Waals surface area contributed by atoms with Crippen molar-refractivity contribution in [3.05, 3.63) is 0 Å². The average Bonchev–Trinajstić information content (AvgIpc) is 2.23. The highest BCUT2D eigenvalue weighted by Gasteiger charge is 2.24. The molecule has 1 N–H and O–H groups in total. The molecule has 0 radical (unpaired) electrons. The Labute approximate surface area is 108 Å². The van der Waals surface area contributed by atoms with Crippen LogP contribution in [-0.4, -0.2) is 50.8 Å². The third-order valence-corrected chi connectivity index (χ3v) is 3.00. The molecule has 0 heterocycles. The monoisotopic (exact) mass is 244 g/mol. The van der Waals surface area contributed by atoms with E-state index < -0.39 is 0 Å². The molecule has 104 valence electrons. The van der Waals surface area contributed by atoms with E-state index in [2.05, 4.69) is 45.0 Å². The van der Waals surface area contributed by atoms with Gasteiger partial charge in [0.25, 0.3) is 0 Å². The standard InChI is InChI=1S/C14H32N2O/c1-7-9-15-13(14(3,4)5)12-16(6)10-11-17-8-2/h13,15H,7-12H2,1-6H3. The SMILES string of the molecule is CCCNC(CN(C)CCOCC)C(C)(C)C. The zero-order chi connectivity index (χ0) is 13.3. The molecular formula is C14H32N2O. The Morgan fingerprint density at radius 3 is 2.35 bits per heavy atom. The van der Waals surface area contributed by atoms with Gasteiger partial charge >= 0.3 is 0 Å². The molecule has 0 amide bonds. The van der Waals surface area contributed by atoms with E-state index in [0.717, 1.165) is 32.8 Å². The fourth-order valence-corrected chi connectivity index (χ4v) is 1.73. The van der Waals surface area contributed by atoms with E-state index >= 15 is 0 Å². The molecular weight excluding hydrogens is 212 g/mol. The summed E-state index contributed by atoms with van der Waals surface area (Å²) < 4.78 is 5.39. The van der Waals surface area contributed by atoms with Gasteiger partial charge in [0.1, 0.15) is 0 Å². The first-order valence-electron chi connectivity index (χ1n) is 6.91. The van der Waals surface area contributed by atoms with Crippen LogP contribution in [0.15, 0.2) is 0 Å². The van der Waals surface area contributed by atoms with Gasteiger partial charge in [-0.2, -0.15) is 0 Å². The second-order valence-corrected chi connectivity index (χ2v) is 5.83. The maximum Gasteiger partial charge on any atom is 0.0593 e. The third kappa shape index (κ3) is 8.58. The fraction of sp³-hybridized carbons (Fsp3) is 1.00. The average molecular weight is 244 g/mol. The summed E-state index contributed by atoms with van der Waals surface area (Å²) in [6.07, 6.45) is 1.19. The van der Waals surface area contributed by atoms with Gasteiger partial charge in [-0.3, -0.25) is 0 Å². The molecule has 0 aromatic rings. The minimum absolute atomic E-state index is 0.301. The van der Waals surface area contributed by atoms with Crippen LogP contribution in [0.2, 0.25) is 0 Å². The highest BCUT2D eigenvalue weighted by molar-refractivity contribution is 4.82. The summed E-state index contributed by atoms with van der Waals surface area (Å²) in [5, 5.41) is 3.65. The Hall–Kier alpha value is -0.120. The van der Waals surface area contributed by atoms with Crippen molar-refractivity contribution in [2.75, 3.05) is 39.9 Å². The lowest BCUT2D eigenvalue weighted by Crippen LogP contribution is -2.48. The number of likely N-dealkylation sites (N-methyl/N-ethyl adjacent to an activating group) is 1. The summed E-state index contributed by atoms with van der Waals surface area (Å²) in [6, 6.07) is 0.536. The van der Waals surface area contributed by atoms with E-state index in [1.807, 2.05) is 6.92 Å². The molecule has 0 aromatic carbocycles. The maximum absolute atomic E-state index is 5.39. The smallest absolute Gasteiger partial charge is 0.0593 e. The molecule has 0 saturated heterocycles. The van der Waals surface area contributed by atoms with E-state index in [-0.39, 0.29) is 0 Å². The quantitative estimate of drug-likeness (QED) is 0.630. The molecule has 0 rings (SSSR count). The summed E-state index contributed by atoms with van der Waals surface area (Å²) in [5.41, 5.74) is 0.301. The molecule has 0 aromatic heterocycles. The Bertz CT molecular complexity index is 178. The molecule has 0 saturated carbocycles. The van der Waals surface area contributed by atoms with Crippen molar-refractivity contribution < 1.29 is 4.74 Å². The van der Waals surface area contributed by atoms with Crippen molar-refractivity contribution in [3.63, 3.8) is 0 Å². The van der Waals surface area contributed by atoms with E-state index in [1.165, 1.54) is 6.42 Å². The number of nitrogens with one attached hydrogen (secondary N) is 1. The summed E-state index contributed by atoms with van der Waals surface area (Å²) in [5.74, 6) is 0. The lowest BCUT2D eigenvalue weighted by molar-refractivity contribution is 0.109. The van der Waals surface area contributed by atoms with E-state index in [4.69, 9.17) is 4.74 Å². The van der Waals surface area contributed by atoms with Crippen LogP contribution >= 0.6 is 0 Å². The summed E-state index contributed by atoms with van der Waals surface area (Å²) in [7, 11) is 2.17. The molecule has 3 heteroatoms. The molecule has 0 aliphatic heterocycles. The molecule has 0 fully saturated rings. The van der Waals surface area contributed by atoms with Crippen LogP contribution in [0.25, 0.3) is 0 Å². The Balaban J connectivity index is 4.04. The summed E-state index contributed by atoms with van der Waals surface area (Å²) in [4.78, 5) is 2.36. The molecule has 0 spiro atoms. The van der Waals surface area contributed by atoms with Crippen LogP contribution < -0.4 is 5.32 Å². The van der Waals surface area contributed by atoms with Crippen molar-refractivity contribution in [2.24, 2.45) is 5.41 Å². The van der Waals surface area contributed by atoms with Gasteiger partial charge in [-0.05, 0) is 32.4 Å². The molecule has 0 aliphatic rings. The largest absolute Gasteiger partial charge is 0.380 e. The summed E-state index contributed by atoms with van der Waals surface area (Å²) in [6.45, 7) is 16.0. The van der Waals surface area contributed by atoms with Gasteiger partial charge in [-0.15, -0.1) is 0 Å². The van der Waals surface area contributed by atoms with Gasteiger partial charge in [-0.1, -0.05) is 27.7 Å². The molecule has 1 unspecified atom stereocenters. The van der Waals surface area contributed by atoms with Gasteiger partial charge < -0.3 is 15.0 Å².